The maximum Gasteiger partial charge on any atom is 0.262 e. The Labute approximate surface area is 161 Å². The minimum absolute atomic E-state index is 0.0952. The minimum Gasteiger partial charge on any atom is -0.508 e. The molecule has 0 unspecified atom stereocenters. The second-order valence-corrected chi connectivity index (χ2v) is 7.48. The Bertz CT molecular complexity index is 882. The average Bonchev–Trinajstić information content (AvgIpc) is 2.57. The lowest BCUT2D eigenvalue weighted by atomic mass is 9.94. The summed E-state index contributed by atoms with van der Waals surface area (Å²) in [5.74, 6) is -1.45. The summed E-state index contributed by atoms with van der Waals surface area (Å²) in [6, 6.07) is 6.07. The Morgan fingerprint density at radius 1 is 1.21 bits per heavy atom. The number of phenolic OH excluding ortho intramolecular Hbond substituents is 1. The summed E-state index contributed by atoms with van der Waals surface area (Å²) in [5.41, 5.74) is 0.535. The molecule has 1 heterocycles. The van der Waals surface area contributed by atoms with E-state index in [0.29, 0.717) is 29.0 Å². The van der Waals surface area contributed by atoms with E-state index in [1.165, 1.54) is 24.3 Å². The van der Waals surface area contributed by atoms with Crippen LogP contribution in [-0.4, -0.2) is 34.8 Å². The number of phenols is 1. The van der Waals surface area contributed by atoms with E-state index in [1.807, 2.05) is 13.8 Å². The SMILES string of the molecule is CC(C)(Cc1cc(F)cc(F)c1)NC[C@H](O)c1cc(O)cc2c1OCC(=O)N2. The highest BCUT2D eigenvalue weighted by atomic mass is 19.1. The number of nitrogens with one attached hydrogen (secondary N) is 2. The van der Waals surface area contributed by atoms with E-state index >= 15 is 0 Å². The molecule has 3 rings (SSSR count). The van der Waals surface area contributed by atoms with E-state index in [2.05, 4.69) is 10.6 Å². The number of β-amino-alcohol motifs (C(OH)–C–C–N with tert-alkyl or cyclic N) is 1. The van der Waals surface area contributed by atoms with Crippen LogP contribution in [0.4, 0.5) is 14.5 Å². The number of hydrogen-bond donors (Lipinski definition) is 4. The van der Waals surface area contributed by atoms with Gasteiger partial charge in [0.15, 0.2) is 6.61 Å². The number of carbonyl (C=O) groups is 1. The molecule has 0 fully saturated rings. The highest BCUT2D eigenvalue weighted by molar-refractivity contribution is 5.96. The zero-order valence-corrected chi connectivity index (χ0v) is 15.6. The normalized spacial score (nSPS) is 14.8. The lowest BCUT2D eigenvalue weighted by Crippen LogP contribution is -2.43. The first-order valence-corrected chi connectivity index (χ1v) is 8.80. The van der Waals surface area contributed by atoms with Gasteiger partial charge < -0.3 is 25.6 Å². The molecule has 0 aromatic heterocycles. The molecule has 2 aromatic carbocycles. The first kappa shape index (κ1) is 20.0. The number of aromatic hydroxyl groups is 1. The Hall–Kier alpha value is -2.71. The summed E-state index contributed by atoms with van der Waals surface area (Å²) in [7, 11) is 0. The molecule has 0 saturated carbocycles. The lowest BCUT2D eigenvalue weighted by molar-refractivity contribution is -0.118. The highest BCUT2D eigenvalue weighted by Gasteiger charge is 2.26. The molecular weight excluding hydrogens is 370 g/mol. The van der Waals surface area contributed by atoms with Gasteiger partial charge in [-0.2, -0.15) is 0 Å². The molecular formula is C20H22F2N2O4. The van der Waals surface area contributed by atoms with Crippen LogP contribution < -0.4 is 15.4 Å². The number of amides is 1. The zero-order valence-electron chi connectivity index (χ0n) is 15.6. The number of rotatable bonds is 6. The van der Waals surface area contributed by atoms with Gasteiger partial charge >= 0.3 is 0 Å². The second kappa shape index (κ2) is 7.73. The van der Waals surface area contributed by atoms with Crippen molar-refractivity contribution in [3.63, 3.8) is 0 Å². The van der Waals surface area contributed by atoms with Gasteiger partial charge in [0.1, 0.15) is 23.1 Å². The molecule has 1 aliphatic heterocycles. The molecule has 1 atom stereocenters. The van der Waals surface area contributed by atoms with Crippen molar-refractivity contribution in [3.8, 4) is 11.5 Å². The molecule has 0 spiro atoms. The zero-order chi connectivity index (χ0) is 20.5. The molecule has 1 aliphatic rings. The number of carbonyl (C=O) groups excluding carboxylic acids is 1. The molecule has 2 aromatic rings. The maximum atomic E-state index is 13.4. The molecule has 150 valence electrons. The summed E-state index contributed by atoms with van der Waals surface area (Å²) in [6.07, 6.45) is -0.710. The predicted molar refractivity (Wildman–Crippen MR) is 99.3 cm³/mol. The van der Waals surface area contributed by atoms with Crippen LogP contribution in [0, 0.1) is 11.6 Å². The van der Waals surface area contributed by atoms with Crippen molar-refractivity contribution >= 4 is 11.6 Å². The van der Waals surface area contributed by atoms with Crippen LogP contribution in [0.25, 0.3) is 0 Å². The van der Waals surface area contributed by atoms with Crippen LogP contribution in [0.2, 0.25) is 0 Å². The third-order valence-electron chi connectivity index (χ3n) is 4.43. The number of aliphatic hydroxyl groups is 1. The second-order valence-electron chi connectivity index (χ2n) is 7.48. The molecule has 4 N–H and O–H groups in total. The van der Waals surface area contributed by atoms with Crippen LogP contribution in [0.1, 0.15) is 31.1 Å². The van der Waals surface area contributed by atoms with Crippen LogP contribution in [0.3, 0.4) is 0 Å². The molecule has 0 saturated heterocycles. The Morgan fingerprint density at radius 2 is 1.89 bits per heavy atom. The highest BCUT2D eigenvalue weighted by Crippen LogP contribution is 2.38. The van der Waals surface area contributed by atoms with Gasteiger partial charge in [-0.05, 0) is 44.0 Å². The Kier molecular flexibility index (Phi) is 5.53. The summed E-state index contributed by atoms with van der Waals surface area (Å²) >= 11 is 0. The van der Waals surface area contributed by atoms with Gasteiger partial charge in [0.05, 0.1) is 11.8 Å². The van der Waals surface area contributed by atoms with Gasteiger partial charge in [-0.15, -0.1) is 0 Å². The summed E-state index contributed by atoms with van der Waals surface area (Å²) in [6.45, 7) is 3.61. The van der Waals surface area contributed by atoms with Gasteiger partial charge in [0, 0.05) is 29.8 Å². The molecule has 6 nitrogen and oxygen atoms in total. The molecule has 28 heavy (non-hydrogen) atoms. The summed E-state index contributed by atoms with van der Waals surface area (Å²) < 4.78 is 32.2. The van der Waals surface area contributed by atoms with Gasteiger partial charge in [-0.25, -0.2) is 8.78 Å². The van der Waals surface area contributed by atoms with Gasteiger partial charge in [-0.3, -0.25) is 4.79 Å². The van der Waals surface area contributed by atoms with E-state index in [0.717, 1.165) is 6.07 Å². The van der Waals surface area contributed by atoms with Crippen molar-refractivity contribution in [3.05, 3.63) is 53.1 Å². The van der Waals surface area contributed by atoms with Crippen LogP contribution in [0.5, 0.6) is 11.5 Å². The quantitative estimate of drug-likeness (QED) is 0.607. The van der Waals surface area contributed by atoms with E-state index in [-0.39, 0.29) is 24.8 Å². The fourth-order valence-corrected chi connectivity index (χ4v) is 3.23. The van der Waals surface area contributed by atoms with E-state index in [9.17, 15) is 23.8 Å². The van der Waals surface area contributed by atoms with Crippen LogP contribution in [0.15, 0.2) is 30.3 Å². The van der Waals surface area contributed by atoms with Crippen molar-refractivity contribution in [2.24, 2.45) is 0 Å². The Morgan fingerprint density at radius 3 is 2.57 bits per heavy atom. The maximum absolute atomic E-state index is 13.4. The fourth-order valence-electron chi connectivity index (χ4n) is 3.23. The Balaban J connectivity index is 1.71. The number of anilines is 1. The number of benzene rings is 2. The molecule has 8 heteroatoms. The fraction of sp³-hybridized carbons (Fsp3) is 0.350. The van der Waals surface area contributed by atoms with Crippen molar-refractivity contribution in [2.75, 3.05) is 18.5 Å². The van der Waals surface area contributed by atoms with E-state index in [1.54, 1.807) is 0 Å². The van der Waals surface area contributed by atoms with E-state index < -0.39 is 23.3 Å². The van der Waals surface area contributed by atoms with E-state index in [4.69, 9.17) is 4.74 Å². The standard InChI is InChI=1S/C20H22F2N2O4/c1-20(2,8-11-3-12(21)5-13(22)4-11)23-9-17(26)15-6-14(25)7-16-19(15)28-10-18(27)24-16/h3-7,17,23,25-26H,8-10H2,1-2H3,(H,24,27)/t17-/m0/s1. The molecule has 0 radical (unpaired) electrons. The number of aliphatic hydroxyl groups excluding tert-OH is 1. The molecule has 0 bridgehead atoms. The van der Waals surface area contributed by atoms with Gasteiger partial charge in [0.2, 0.25) is 0 Å². The minimum atomic E-state index is -1.04. The van der Waals surface area contributed by atoms with Crippen LogP contribution >= 0.6 is 0 Å². The molecule has 0 aliphatic carbocycles. The van der Waals surface area contributed by atoms with Gasteiger partial charge in [0.25, 0.3) is 5.91 Å². The number of hydrogen-bond acceptors (Lipinski definition) is 5. The lowest BCUT2D eigenvalue weighted by Gasteiger charge is -2.29. The summed E-state index contributed by atoms with van der Waals surface area (Å²) in [4.78, 5) is 11.5. The number of halogens is 2. The van der Waals surface area contributed by atoms with Crippen molar-refractivity contribution in [1.29, 1.82) is 0 Å². The smallest absolute Gasteiger partial charge is 0.262 e. The topological polar surface area (TPSA) is 90.8 Å². The van der Waals surface area contributed by atoms with Gasteiger partial charge in [-0.1, -0.05) is 0 Å². The third-order valence-corrected chi connectivity index (χ3v) is 4.43. The number of ether oxygens (including phenoxy) is 1. The summed E-state index contributed by atoms with van der Waals surface area (Å²) in [5, 5.41) is 26.2. The third kappa shape index (κ3) is 4.76. The largest absolute Gasteiger partial charge is 0.508 e. The van der Waals surface area contributed by atoms with Crippen molar-refractivity contribution < 1.29 is 28.5 Å². The predicted octanol–water partition coefficient (Wildman–Crippen LogP) is 2.65. The molecule has 1 amide bonds. The first-order valence-electron chi connectivity index (χ1n) is 8.80. The monoisotopic (exact) mass is 392 g/mol. The van der Waals surface area contributed by atoms with Crippen LogP contribution in [-0.2, 0) is 11.2 Å². The van der Waals surface area contributed by atoms with Crippen molar-refractivity contribution in [1.82, 2.24) is 5.32 Å². The van der Waals surface area contributed by atoms with Crippen molar-refractivity contribution in [2.45, 2.75) is 31.9 Å². The number of fused-ring (bicyclic) bond motifs is 1. The average molecular weight is 392 g/mol. The first-order chi connectivity index (χ1) is 13.1.